The molecule has 0 amide bonds. The summed E-state index contributed by atoms with van der Waals surface area (Å²) in [5.74, 6) is -0.562. The Balaban J connectivity index is 1.72. The number of ether oxygens (including phenoxy) is 3. The number of carbonyl (C=O) groups is 1. The lowest BCUT2D eigenvalue weighted by molar-refractivity contribution is -0.192. The molecule has 7 heteroatoms. The summed E-state index contributed by atoms with van der Waals surface area (Å²) < 4.78 is 17.6. The van der Waals surface area contributed by atoms with Crippen LogP contribution in [0.3, 0.4) is 0 Å². The molecular weight excluding hydrogens is 382 g/mol. The van der Waals surface area contributed by atoms with Gasteiger partial charge in [0.25, 0.3) is 0 Å². The van der Waals surface area contributed by atoms with E-state index in [4.69, 9.17) is 25.8 Å². The summed E-state index contributed by atoms with van der Waals surface area (Å²) in [4.78, 5) is 12.3. The molecule has 160 valence electrons. The van der Waals surface area contributed by atoms with E-state index >= 15 is 0 Å². The number of methoxy groups -OCH3 is 1. The van der Waals surface area contributed by atoms with Crippen molar-refractivity contribution >= 4 is 17.6 Å². The van der Waals surface area contributed by atoms with Crippen LogP contribution >= 0.6 is 11.6 Å². The van der Waals surface area contributed by atoms with Gasteiger partial charge >= 0.3 is 5.97 Å². The van der Waals surface area contributed by atoms with Gasteiger partial charge in [-0.15, -0.1) is 11.6 Å². The molecule has 2 aliphatic carbocycles. The Labute approximate surface area is 172 Å². The molecule has 0 spiro atoms. The number of halogens is 1. The Hall–Kier alpha value is -0.660. The summed E-state index contributed by atoms with van der Waals surface area (Å²) in [7, 11) is 1.60. The fourth-order valence-corrected chi connectivity index (χ4v) is 4.85. The van der Waals surface area contributed by atoms with Gasteiger partial charge in [-0.3, -0.25) is 4.79 Å². The Morgan fingerprint density at radius 3 is 2.64 bits per heavy atom. The quantitative estimate of drug-likeness (QED) is 0.261. The summed E-state index contributed by atoms with van der Waals surface area (Å²) in [5, 5.41) is 14.5. The minimum atomic E-state index is -1.12. The van der Waals surface area contributed by atoms with E-state index in [9.17, 15) is 9.90 Å². The molecule has 0 aromatic heterocycles. The second-order valence-electron chi connectivity index (χ2n) is 8.94. The van der Waals surface area contributed by atoms with Crippen LogP contribution in [0.2, 0.25) is 0 Å². The molecule has 28 heavy (non-hydrogen) atoms. The van der Waals surface area contributed by atoms with Gasteiger partial charge in [0, 0.05) is 13.2 Å². The Morgan fingerprint density at radius 2 is 2.07 bits per heavy atom. The van der Waals surface area contributed by atoms with Crippen molar-refractivity contribution in [3.05, 3.63) is 11.6 Å². The van der Waals surface area contributed by atoms with Crippen LogP contribution in [-0.4, -0.2) is 66.2 Å². The van der Waals surface area contributed by atoms with E-state index < -0.39 is 23.4 Å². The van der Waals surface area contributed by atoms with Crippen molar-refractivity contribution in [3.63, 3.8) is 0 Å². The average molecular weight is 416 g/mol. The van der Waals surface area contributed by atoms with E-state index in [2.05, 4.69) is 25.2 Å². The predicted octanol–water partition coefficient (Wildman–Crippen LogP) is 2.56. The number of rotatable bonds is 9. The van der Waals surface area contributed by atoms with Gasteiger partial charge in [0.1, 0.15) is 17.8 Å². The van der Waals surface area contributed by atoms with E-state index in [-0.39, 0.29) is 30.4 Å². The van der Waals surface area contributed by atoms with Crippen LogP contribution in [0.1, 0.15) is 52.9 Å². The van der Waals surface area contributed by atoms with Crippen molar-refractivity contribution in [2.75, 3.05) is 19.5 Å². The highest BCUT2D eigenvalue weighted by Gasteiger charge is 2.67. The van der Waals surface area contributed by atoms with E-state index in [0.717, 1.165) is 19.3 Å². The van der Waals surface area contributed by atoms with Gasteiger partial charge in [-0.05, 0) is 52.9 Å². The lowest BCUT2D eigenvalue weighted by atomic mass is 9.66. The monoisotopic (exact) mass is 415 g/mol. The third kappa shape index (κ3) is 4.73. The summed E-state index contributed by atoms with van der Waals surface area (Å²) in [5.41, 5.74) is -0.452. The van der Waals surface area contributed by atoms with Crippen LogP contribution in [0, 0.1) is 5.92 Å². The van der Waals surface area contributed by atoms with Crippen LogP contribution in [0.5, 0.6) is 0 Å². The number of aliphatic hydroxyl groups is 1. The maximum Gasteiger partial charge on any atom is 0.320 e. The fraction of sp³-hybridized carbons (Fsp3) is 0.857. The molecule has 0 aromatic rings. The number of carbonyl (C=O) groups excluding carboxylic acids is 1. The molecule has 0 radical (unpaired) electrons. The van der Waals surface area contributed by atoms with Crippen molar-refractivity contribution in [1.29, 1.82) is 0 Å². The van der Waals surface area contributed by atoms with Crippen molar-refractivity contribution < 1.29 is 24.1 Å². The fourth-order valence-electron chi connectivity index (χ4n) is 4.55. The minimum absolute atomic E-state index is 0.00854. The van der Waals surface area contributed by atoms with Crippen LogP contribution in [0.4, 0.5) is 0 Å². The highest BCUT2D eigenvalue weighted by molar-refractivity contribution is 6.18. The third-order valence-corrected chi connectivity index (χ3v) is 6.83. The largest absolute Gasteiger partial charge is 0.459 e. The van der Waals surface area contributed by atoms with E-state index in [0.29, 0.717) is 18.9 Å². The molecule has 2 saturated carbocycles. The molecule has 0 unspecified atom stereocenters. The number of nitrogens with one attached hydrogen (secondary N) is 1. The van der Waals surface area contributed by atoms with Crippen LogP contribution in [0.25, 0.3) is 0 Å². The molecule has 3 rings (SSSR count). The lowest BCUT2D eigenvalue weighted by Crippen LogP contribution is -2.61. The second-order valence-corrected chi connectivity index (χ2v) is 9.21. The molecule has 0 bridgehead atoms. The van der Waals surface area contributed by atoms with Gasteiger partial charge in [-0.2, -0.15) is 0 Å². The summed E-state index contributed by atoms with van der Waals surface area (Å²) in [6.45, 7) is 6.32. The molecule has 2 N–H and O–H groups in total. The topological polar surface area (TPSA) is 80.3 Å². The van der Waals surface area contributed by atoms with Crippen LogP contribution < -0.4 is 5.32 Å². The zero-order valence-corrected chi connectivity index (χ0v) is 18.1. The maximum atomic E-state index is 12.3. The first kappa shape index (κ1) is 22.0. The molecule has 6 atom stereocenters. The summed E-state index contributed by atoms with van der Waals surface area (Å²) in [6, 6.07) is 0.445. The van der Waals surface area contributed by atoms with Gasteiger partial charge < -0.3 is 24.6 Å². The number of alkyl halides is 1. The lowest BCUT2D eigenvalue weighted by Gasteiger charge is -2.48. The molecular formula is C21H34ClNO5. The van der Waals surface area contributed by atoms with Crippen LogP contribution in [-0.2, 0) is 19.0 Å². The van der Waals surface area contributed by atoms with Gasteiger partial charge in [0.15, 0.2) is 0 Å². The highest BCUT2D eigenvalue weighted by atomic mass is 35.5. The SMILES string of the molecule is CO[C@@H]1[C@H](OC(=O)CNC2CC2)CC[C@](O)(CCl)[C@H]1[C@]1(C)O[C@@H]1CC=C(C)C. The van der Waals surface area contributed by atoms with E-state index in [1.54, 1.807) is 7.11 Å². The predicted molar refractivity (Wildman–Crippen MR) is 107 cm³/mol. The minimum Gasteiger partial charge on any atom is -0.459 e. The maximum absolute atomic E-state index is 12.3. The highest BCUT2D eigenvalue weighted by Crippen LogP contribution is 2.54. The molecule has 1 saturated heterocycles. The van der Waals surface area contributed by atoms with Gasteiger partial charge in [0.05, 0.1) is 30.0 Å². The first-order valence-corrected chi connectivity index (χ1v) is 10.8. The van der Waals surface area contributed by atoms with Crippen molar-refractivity contribution in [1.82, 2.24) is 5.32 Å². The second kappa shape index (κ2) is 8.60. The van der Waals surface area contributed by atoms with Crippen LogP contribution in [0.15, 0.2) is 11.6 Å². The van der Waals surface area contributed by atoms with Gasteiger partial charge in [-0.1, -0.05) is 11.6 Å². The zero-order valence-electron chi connectivity index (χ0n) is 17.4. The molecule has 1 heterocycles. The molecule has 3 fully saturated rings. The zero-order chi connectivity index (χ0) is 20.5. The molecule has 1 aliphatic heterocycles. The molecule has 3 aliphatic rings. The summed E-state index contributed by atoms with van der Waals surface area (Å²) >= 11 is 6.20. The summed E-state index contributed by atoms with van der Waals surface area (Å²) in [6.07, 6.45) is 5.22. The Kier molecular flexibility index (Phi) is 6.77. The average Bonchev–Trinajstić information content (AvgIpc) is 3.57. The number of hydrogen-bond acceptors (Lipinski definition) is 6. The standard InChI is InChI=1S/C21H34ClNO5/c1-13(2)5-8-16-20(3,28-16)19-18(26-4)15(9-10-21(19,25)12-22)27-17(24)11-23-14-6-7-14/h5,14-16,18-19,23,25H,6-12H2,1-4H3/t15-,16-,18-,19-,20-,21+/m1/s1. The molecule has 6 nitrogen and oxygen atoms in total. The van der Waals surface area contributed by atoms with Crippen molar-refractivity contribution in [2.24, 2.45) is 5.92 Å². The smallest absolute Gasteiger partial charge is 0.320 e. The van der Waals surface area contributed by atoms with Crippen molar-refractivity contribution in [3.8, 4) is 0 Å². The first-order chi connectivity index (χ1) is 13.2. The Bertz CT molecular complexity index is 606. The number of epoxide rings is 1. The third-order valence-electron chi connectivity index (χ3n) is 6.37. The first-order valence-electron chi connectivity index (χ1n) is 10.3. The van der Waals surface area contributed by atoms with Gasteiger partial charge in [-0.25, -0.2) is 0 Å². The number of allylic oxidation sites excluding steroid dienone is 1. The molecule has 0 aromatic carbocycles. The normalized spacial score (nSPS) is 40.1. The van der Waals surface area contributed by atoms with Gasteiger partial charge in [0.2, 0.25) is 0 Å². The van der Waals surface area contributed by atoms with Crippen molar-refractivity contribution in [2.45, 2.75) is 88.4 Å². The number of esters is 1. The number of hydrogen-bond donors (Lipinski definition) is 2. The van der Waals surface area contributed by atoms with E-state index in [1.165, 1.54) is 5.57 Å². The van der Waals surface area contributed by atoms with E-state index in [1.807, 2.05) is 6.92 Å². The Morgan fingerprint density at radius 1 is 1.36 bits per heavy atom.